The molecule has 20 heavy (non-hydrogen) atoms. The first-order chi connectivity index (χ1) is 9.54. The van der Waals surface area contributed by atoms with E-state index >= 15 is 0 Å². The Morgan fingerprint density at radius 3 is 2.90 bits per heavy atom. The highest BCUT2D eigenvalue weighted by molar-refractivity contribution is 5.18. The van der Waals surface area contributed by atoms with Crippen molar-refractivity contribution in [3.63, 3.8) is 0 Å². The molecule has 1 aromatic rings. The van der Waals surface area contributed by atoms with E-state index in [2.05, 4.69) is 24.1 Å². The Balaban J connectivity index is 1.90. The number of hydrogen-bond acceptors (Lipinski definition) is 2. The van der Waals surface area contributed by atoms with Crippen LogP contribution in [0.5, 0.6) is 0 Å². The monoisotopic (exact) mass is 282 g/mol. The summed E-state index contributed by atoms with van der Waals surface area (Å²) >= 11 is 0. The molecule has 1 fully saturated rings. The van der Waals surface area contributed by atoms with Gasteiger partial charge < -0.3 is 5.32 Å². The van der Waals surface area contributed by atoms with Crippen LogP contribution < -0.4 is 5.32 Å². The Morgan fingerprint density at radius 2 is 2.15 bits per heavy atom. The van der Waals surface area contributed by atoms with Gasteiger partial charge in [-0.2, -0.15) is 0 Å². The molecule has 1 aliphatic rings. The van der Waals surface area contributed by atoms with E-state index in [4.69, 9.17) is 0 Å². The molecule has 1 saturated heterocycles. The van der Waals surface area contributed by atoms with Crippen LogP contribution in [0.25, 0.3) is 0 Å². The molecule has 4 heteroatoms. The minimum absolute atomic E-state index is 0.311. The van der Waals surface area contributed by atoms with Crippen LogP contribution in [0, 0.1) is 17.6 Å². The number of hydrogen-bond donors (Lipinski definition) is 1. The van der Waals surface area contributed by atoms with E-state index in [-0.39, 0.29) is 11.6 Å². The first-order valence-corrected chi connectivity index (χ1v) is 7.44. The quantitative estimate of drug-likeness (QED) is 0.892. The molecule has 1 aromatic carbocycles. The number of halogens is 2. The standard InChI is InChI=1S/C16H24F2N2/c1-12(2)19-9-13-4-3-7-20(10-13)11-14-8-15(17)5-6-16(14)18/h5-6,8,12-13,19H,3-4,7,9-11H2,1-2H3. The van der Waals surface area contributed by atoms with E-state index in [0.29, 0.717) is 24.1 Å². The molecule has 112 valence electrons. The van der Waals surface area contributed by atoms with Crippen molar-refractivity contribution in [1.82, 2.24) is 10.2 Å². The van der Waals surface area contributed by atoms with E-state index in [1.807, 2.05) is 0 Å². The van der Waals surface area contributed by atoms with Crippen molar-refractivity contribution in [1.29, 1.82) is 0 Å². The van der Waals surface area contributed by atoms with Crippen LogP contribution in [-0.4, -0.2) is 30.6 Å². The molecule has 0 radical (unpaired) electrons. The number of benzene rings is 1. The third kappa shape index (κ3) is 4.53. The first-order valence-electron chi connectivity index (χ1n) is 7.44. The number of nitrogens with one attached hydrogen (secondary N) is 1. The van der Waals surface area contributed by atoms with Gasteiger partial charge in [0, 0.05) is 24.7 Å². The lowest BCUT2D eigenvalue weighted by atomic mass is 9.97. The summed E-state index contributed by atoms with van der Waals surface area (Å²) in [4.78, 5) is 2.23. The second-order valence-electron chi connectivity index (χ2n) is 6.04. The minimum Gasteiger partial charge on any atom is -0.314 e. The van der Waals surface area contributed by atoms with Gasteiger partial charge in [0.2, 0.25) is 0 Å². The molecule has 1 unspecified atom stereocenters. The van der Waals surface area contributed by atoms with Gasteiger partial charge >= 0.3 is 0 Å². The third-order valence-electron chi connectivity index (χ3n) is 3.82. The van der Waals surface area contributed by atoms with Crippen molar-refractivity contribution in [2.75, 3.05) is 19.6 Å². The predicted molar refractivity (Wildman–Crippen MR) is 77.5 cm³/mol. The van der Waals surface area contributed by atoms with Crippen LogP contribution in [0.1, 0.15) is 32.3 Å². The van der Waals surface area contributed by atoms with Crippen molar-refractivity contribution in [2.24, 2.45) is 5.92 Å². The molecule has 2 rings (SSSR count). The number of likely N-dealkylation sites (tertiary alicyclic amines) is 1. The molecular formula is C16H24F2N2. The zero-order valence-corrected chi connectivity index (χ0v) is 12.3. The second-order valence-corrected chi connectivity index (χ2v) is 6.04. The molecule has 1 aliphatic heterocycles. The lowest BCUT2D eigenvalue weighted by molar-refractivity contribution is 0.162. The maximum absolute atomic E-state index is 13.7. The highest BCUT2D eigenvalue weighted by atomic mass is 19.1. The van der Waals surface area contributed by atoms with Crippen LogP contribution in [-0.2, 0) is 6.54 Å². The maximum Gasteiger partial charge on any atom is 0.127 e. The van der Waals surface area contributed by atoms with Crippen LogP contribution in [0.2, 0.25) is 0 Å². The normalized spacial score (nSPS) is 20.6. The van der Waals surface area contributed by atoms with E-state index in [9.17, 15) is 8.78 Å². The molecule has 0 spiro atoms. The minimum atomic E-state index is -0.364. The molecule has 2 nitrogen and oxygen atoms in total. The molecule has 0 amide bonds. The molecule has 0 bridgehead atoms. The van der Waals surface area contributed by atoms with Gasteiger partial charge in [-0.1, -0.05) is 13.8 Å². The van der Waals surface area contributed by atoms with E-state index in [1.54, 1.807) is 0 Å². The highest BCUT2D eigenvalue weighted by Crippen LogP contribution is 2.20. The third-order valence-corrected chi connectivity index (χ3v) is 3.82. The summed E-state index contributed by atoms with van der Waals surface area (Å²) in [5.74, 6) is -0.0759. The lowest BCUT2D eigenvalue weighted by Gasteiger charge is -2.33. The van der Waals surface area contributed by atoms with Crippen molar-refractivity contribution in [3.05, 3.63) is 35.4 Å². The van der Waals surface area contributed by atoms with Crippen molar-refractivity contribution < 1.29 is 8.78 Å². The van der Waals surface area contributed by atoms with E-state index in [0.717, 1.165) is 26.1 Å². The van der Waals surface area contributed by atoms with E-state index < -0.39 is 0 Å². The summed E-state index contributed by atoms with van der Waals surface area (Å²) in [6.45, 7) is 7.71. The maximum atomic E-state index is 13.7. The molecule has 0 saturated carbocycles. The number of nitrogens with zero attached hydrogens (tertiary/aromatic N) is 1. The fraction of sp³-hybridized carbons (Fsp3) is 0.625. The fourth-order valence-electron chi connectivity index (χ4n) is 2.77. The number of rotatable bonds is 5. The zero-order valence-electron chi connectivity index (χ0n) is 12.3. The highest BCUT2D eigenvalue weighted by Gasteiger charge is 2.20. The van der Waals surface area contributed by atoms with Crippen LogP contribution in [0.3, 0.4) is 0 Å². The molecule has 1 heterocycles. The molecular weight excluding hydrogens is 258 g/mol. The summed E-state index contributed by atoms with van der Waals surface area (Å²) in [5.41, 5.74) is 0.461. The van der Waals surface area contributed by atoms with Crippen molar-refractivity contribution in [3.8, 4) is 0 Å². The molecule has 1 atom stereocenters. The Labute approximate surface area is 120 Å². The average Bonchev–Trinajstić information content (AvgIpc) is 2.41. The van der Waals surface area contributed by atoms with Crippen LogP contribution >= 0.6 is 0 Å². The van der Waals surface area contributed by atoms with Gasteiger partial charge in [-0.15, -0.1) is 0 Å². The van der Waals surface area contributed by atoms with Gasteiger partial charge in [0.15, 0.2) is 0 Å². The molecule has 1 N–H and O–H groups in total. The van der Waals surface area contributed by atoms with Gasteiger partial charge in [0.25, 0.3) is 0 Å². The lowest BCUT2D eigenvalue weighted by Crippen LogP contribution is -2.40. The van der Waals surface area contributed by atoms with Gasteiger partial charge in [0.05, 0.1) is 0 Å². The summed E-state index contributed by atoms with van der Waals surface area (Å²) in [7, 11) is 0. The SMILES string of the molecule is CC(C)NCC1CCCN(Cc2cc(F)ccc2F)C1. The molecule has 0 aromatic heterocycles. The Hall–Kier alpha value is -1.00. The number of piperidine rings is 1. The van der Waals surface area contributed by atoms with Crippen molar-refractivity contribution in [2.45, 2.75) is 39.3 Å². The van der Waals surface area contributed by atoms with Crippen molar-refractivity contribution >= 4 is 0 Å². The smallest absolute Gasteiger partial charge is 0.127 e. The van der Waals surface area contributed by atoms with Gasteiger partial charge in [-0.05, 0) is 50.0 Å². The Bertz CT molecular complexity index is 434. The van der Waals surface area contributed by atoms with Gasteiger partial charge in [0.1, 0.15) is 11.6 Å². The van der Waals surface area contributed by atoms with Gasteiger partial charge in [-0.3, -0.25) is 4.90 Å². The summed E-state index contributed by atoms with van der Waals surface area (Å²) in [6.07, 6.45) is 2.34. The summed E-state index contributed by atoms with van der Waals surface area (Å²) in [6, 6.07) is 4.19. The predicted octanol–water partition coefficient (Wildman–Crippen LogP) is 3.17. The Kier molecular flexibility index (Phi) is 5.49. The van der Waals surface area contributed by atoms with Gasteiger partial charge in [-0.25, -0.2) is 8.78 Å². The van der Waals surface area contributed by atoms with E-state index in [1.165, 1.54) is 24.6 Å². The summed E-state index contributed by atoms with van der Waals surface area (Å²) in [5, 5.41) is 3.46. The topological polar surface area (TPSA) is 15.3 Å². The zero-order chi connectivity index (χ0) is 14.5. The largest absolute Gasteiger partial charge is 0.314 e. The molecule has 0 aliphatic carbocycles. The first kappa shape index (κ1) is 15.4. The average molecular weight is 282 g/mol. The fourth-order valence-corrected chi connectivity index (χ4v) is 2.77. The van der Waals surface area contributed by atoms with Crippen LogP contribution in [0.4, 0.5) is 8.78 Å². The van der Waals surface area contributed by atoms with Crippen LogP contribution in [0.15, 0.2) is 18.2 Å². The second kappa shape index (κ2) is 7.14. The Morgan fingerprint density at radius 1 is 1.35 bits per heavy atom. The summed E-state index contributed by atoms with van der Waals surface area (Å²) < 4.78 is 26.9.